The van der Waals surface area contributed by atoms with E-state index in [2.05, 4.69) is 22.5 Å². The van der Waals surface area contributed by atoms with E-state index in [0.717, 1.165) is 11.1 Å². The summed E-state index contributed by atoms with van der Waals surface area (Å²) < 4.78 is 1.25. The van der Waals surface area contributed by atoms with Crippen molar-refractivity contribution in [3.05, 3.63) is 53.7 Å². The summed E-state index contributed by atoms with van der Waals surface area (Å²) in [6.45, 7) is 1.56. The molecule has 3 heteroatoms. The summed E-state index contributed by atoms with van der Waals surface area (Å²) in [6, 6.07) is 10.2. The molecule has 0 saturated carbocycles. The van der Waals surface area contributed by atoms with Crippen LogP contribution in [0.15, 0.2) is 48.1 Å². The summed E-state index contributed by atoms with van der Waals surface area (Å²) in [6.07, 6.45) is 3.42. The average Bonchev–Trinajstić information content (AvgIpc) is 2.82. The average molecular weight is 253 g/mol. The van der Waals surface area contributed by atoms with Crippen molar-refractivity contribution < 1.29 is 4.79 Å². The SMILES string of the molecule is CC(=O)c1cncc(-c2csc3ccccc23)c1. The van der Waals surface area contributed by atoms with Crippen molar-refractivity contribution in [1.29, 1.82) is 0 Å². The fourth-order valence-corrected chi connectivity index (χ4v) is 2.95. The van der Waals surface area contributed by atoms with Crippen LogP contribution in [0.25, 0.3) is 21.2 Å². The predicted octanol–water partition coefficient (Wildman–Crippen LogP) is 4.17. The van der Waals surface area contributed by atoms with Gasteiger partial charge in [-0.15, -0.1) is 11.3 Å². The van der Waals surface area contributed by atoms with Crippen molar-refractivity contribution >= 4 is 27.2 Å². The minimum atomic E-state index is 0.0453. The Morgan fingerprint density at radius 1 is 1.22 bits per heavy atom. The third-order valence-electron chi connectivity index (χ3n) is 2.94. The minimum Gasteiger partial charge on any atom is -0.294 e. The number of thiophene rings is 1. The Labute approximate surface area is 109 Å². The highest BCUT2D eigenvalue weighted by atomic mass is 32.1. The number of carbonyl (C=O) groups is 1. The highest BCUT2D eigenvalue weighted by Gasteiger charge is 2.08. The number of Topliss-reactive ketones (excluding diaryl/α,β-unsaturated/α-hetero) is 1. The maximum atomic E-state index is 11.4. The van der Waals surface area contributed by atoms with Crippen LogP contribution in [0, 0.1) is 0 Å². The van der Waals surface area contributed by atoms with E-state index in [9.17, 15) is 4.79 Å². The fraction of sp³-hybridized carbons (Fsp3) is 0.0667. The summed E-state index contributed by atoms with van der Waals surface area (Å²) in [4.78, 5) is 15.5. The van der Waals surface area contributed by atoms with Crippen molar-refractivity contribution in [2.75, 3.05) is 0 Å². The van der Waals surface area contributed by atoms with Crippen molar-refractivity contribution in [3.63, 3.8) is 0 Å². The molecule has 18 heavy (non-hydrogen) atoms. The molecule has 2 nitrogen and oxygen atoms in total. The monoisotopic (exact) mass is 253 g/mol. The first-order valence-electron chi connectivity index (χ1n) is 5.68. The normalized spacial score (nSPS) is 10.7. The molecule has 0 N–H and O–H groups in total. The Morgan fingerprint density at radius 3 is 2.89 bits per heavy atom. The number of nitrogens with zero attached hydrogens (tertiary/aromatic N) is 1. The van der Waals surface area contributed by atoms with Crippen LogP contribution in [0.5, 0.6) is 0 Å². The van der Waals surface area contributed by atoms with Gasteiger partial charge in [-0.05, 0) is 24.4 Å². The van der Waals surface area contributed by atoms with Gasteiger partial charge in [0.25, 0.3) is 0 Å². The lowest BCUT2D eigenvalue weighted by Crippen LogP contribution is -1.93. The van der Waals surface area contributed by atoms with Gasteiger partial charge in [-0.1, -0.05) is 18.2 Å². The summed E-state index contributed by atoms with van der Waals surface area (Å²) in [5.41, 5.74) is 2.80. The van der Waals surface area contributed by atoms with Crippen LogP contribution >= 0.6 is 11.3 Å². The summed E-state index contributed by atoms with van der Waals surface area (Å²) in [5.74, 6) is 0.0453. The molecule has 0 bridgehead atoms. The lowest BCUT2D eigenvalue weighted by molar-refractivity contribution is 0.101. The smallest absolute Gasteiger partial charge is 0.161 e. The lowest BCUT2D eigenvalue weighted by atomic mass is 10.0. The number of rotatable bonds is 2. The minimum absolute atomic E-state index is 0.0453. The number of benzene rings is 1. The molecular weight excluding hydrogens is 242 g/mol. The molecular formula is C15H11NOS. The largest absolute Gasteiger partial charge is 0.294 e. The maximum Gasteiger partial charge on any atom is 0.161 e. The Bertz CT molecular complexity index is 730. The predicted molar refractivity (Wildman–Crippen MR) is 75.1 cm³/mol. The van der Waals surface area contributed by atoms with Crippen LogP contribution < -0.4 is 0 Å². The second-order valence-corrected chi connectivity index (χ2v) is 5.08. The molecule has 2 aromatic heterocycles. The van der Waals surface area contributed by atoms with Gasteiger partial charge in [0, 0.05) is 39.2 Å². The van der Waals surface area contributed by atoms with Gasteiger partial charge in [-0.3, -0.25) is 9.78 Å². The molecule has 1 aromatic carbocycles. The van der Waals surface area contributed by atoms with Crippen molar-refractivity contribution in [1.82, 2.24) is 4.98 Å². The Balaban J connectivity index is 2.20. The van der Waals surface area contributed by atoms with Gasteiger partial charge in [-0.25, -0.2) is 0 Å². The van der Waals surface area contributed by atoms with Gasteiger partial charge < -0.3 is 0 Å². The Kier molecular flexibility index (Phi) is 2.68. The van der Waals surface area contributed by atoms with Crippen LogP contribution in [-0.2, 0) is 0 Å². The third-order valence-corrected chi connectivity index (χ3v) is 3.90. The van der Waals surface area contributed by atoms with Gasteiger partial charge >= 0.3 is 0 Å². The molecule has 0 radical (unpaired) electrons. The molecule has 0 aliphatic rings. The summed E-state index contributed by atoms with van der Waals surface area (Å²) in [7, 11) is 0. The van der Waals surface area contributed by atoms with Crippen LogP contribution in [0.3, 0.4) is 0 Å². The van der Waals surface area contributed by atoms with E-state index >= 15 is 0 Å². The van der Waals surface area contributed by atoms with Crippen molar-refractivity contribution in [2.24, 2.45) is 0 Å². The Morgan fingerprint density at radius 2 is 2.06 bits per heavy atom. The molecule has 0 unspecified atom stereocenters. The zero-order valence-electron chi connectivity index (χ0n) is 9.88. The van der Waals surface area contributed by atoms with Crippen LogP contribution in [-0.4, -0.2) is 10.8 Å². The fourth-order valence-electron chi connectivity index (χ4n) is 1.98. The van der Waals surface area contributed by atoms with E-state index in [0.29, 0.717) is 5.56 Å². The second-order valence-electron chi connectivity index (χ2n) is 4.16. The maximum absolute atomic E-state index is 11.4. The van der Waals surface area contributed by atoms with E-state index < -0.39 is 0 Å². The van der Waals surface area contributed by atoms with Gasteiger partial charge in [-0.2, -0.15) is 0 Å². The number of ketones is 1. The van der Waals surface area contributed by atoms with Gasteiger partial charge in [0.2, 0.25) is 0 Å². The molecule has 3 aromatic rings. The van der Waals surface area contributed by atoms with E-state index in [1.807, 2.05) is 18.2 Å². The number of fused-ring (bicyclic) bond motifs is 1. The molecule has 3 rings (SSSR count). The molecule has 0 spiro atoms. The summed E-state index contributed by atoms with van der Waals surface area (Å²) in [5, 5.41) is 3.33. The lowest BCUT2D eigenvalue weighted by Gasteiger charge is -2.01. The number of aromatic nitrogens is 1. The molecule has 0 saturated heterocycles. The molecule has 0 fully saturated rings. The topological polar surface area (TPSA) is 30.0 Å². The molecule has 0 amide bonds. The highest BCUT2D eigenvalue weighted by molar-refractivity contribution is 7.17. The quantitative estimate of drug-likeness (QED) is 0.642. The molecule has 88 valence electrons. The Hall–Kier alpha value is -2.00. The van der Waals surface area contributed by atoms with Crippen molar-refractivity contribution in [2.45, 2.75) is 6.92 Å². The summed E-state index contributed by atoms with van der Waals surface area (Å²) >= 11 is 1.71. The zero-order chi connectivity index (χ0) is 12.5. The van der Waals surface area contributed by atoms with E-state index in [-0.39, 0.29) is 5.78 Å². The van der Waals surface area contributed by atoms with E-state index in [1.54, 1.807) is 30.7 Å². The van der Waals surface area contributed by atoms with Crippen LogP contribution in [0.1, 0.15) is 17.3 Å². The first kappa shape index (κ1) is 11.1. The standard InChI is InChI=1S/C15H11NOS/c1-10(17)11-6-12(8-16-7-11)14-9-18-15-5-3-2-4-13(14)15/h2-9H,1H3. The van der Waals surface area contributed by atoms with Gasteiger partial charge in [0.1, 0.15) is 0 Å². The van der Waals surface area contributed by atoms with Crippen molar-refractivity contribution in [3.8, 4) is 11.1 Å². The first-order chi connectivity index (χ1) is 8.75. The first-order valence-corrected chi connectivity index (χ1v) is 6.56. The second kappa shape index (κ2) is 4.35. The van der Waals surface area contributed by atoms with Gasteiger partial charge in [0.05, 0.1) is 0 Å². The molecule has 0 aliphatic carbocycles. The number of carbonyl (C=O) groups excluding carboxylic acids is 1. The third kappa shape index (κ3) is 1.83. The van der Waals surface area contributed by atoms with E-state index in [1.165, 1.54) is 10.1 Å². The van der Waals surface area contributed by atoms with Crippen LogP contribution in [0.4, 0.5) is 0 Å². The number of pyridine rings is 1. The highest BCUT2D eigenvalue weighted by Crippen LogP contribution is 2.33. The molecule has 0 aliphatic heterocycles. The van der Waals surface area contributed by atoms with Gasteiger partial charge in [0.15, 0.2) is 5.78 Å². The molecule has 2 heterocycles. The molecule has 0 atom stereocenters. The number of hydrogen-bond acceptors (Lipinski definition) is 3. The zero-order valence-corrected chi connectivity index (χ0v) is 10.7. The van der Waals surface area contributed by atoms with Crippen LogP contribution in [0.2, 0.25) is 0 Å². The number of hydrogen-bond donors (Lipinski definition) is 0. The van der Waals surface area contributed by atoms with E-state index in [4.69, 9.17) is 0 Å².